The number of aliphatic hydroxyl groups is 1. The molecule has 1 aliphatic heterocycles. The summed E-state index contributed by atoms with van der Waals surface area (Å²) in [5.74, 6) is 0.285. The molecule has 2 aromatic rings. The molecule has 0 unspecified atom stereocenters. The monoisotopic (exact) mass is 336 g/mol. The molecule has 130 valence electrons. The number of nitrogens with zero attached hydrogens (tertiary/aromatic N) is 2. The number of aliphatic hydroxyl groups excluding tert-OH is 1. The fraction of sp³-hybridized carbons (Fsp3) is 0.429. The zero-order valence-electron chi connectivity index (χ0n) is 14.6. The van der Waals surface area contributed by atoms with E-state index in [1.165, 1.54) is 5.56 Å². The molecule has 0 bridgehead atoms. The highest BCUT2D eigenvalue weighted by Gasteiger charge is 2.54. The van der Waals surface area contributed by atoms with Gasteiger partial charge in [-0.25, -0.2) is 0 Å². The van der Waals surface area contributed by atoms with E-state index in [0.29, 0.717) is 13.1 Å². The molecule has 4 rings (SSSR count). The normalized spacial score (nSPS) is 24.3. The van der Waals surface area contributed by atoms with Crippen molar-refractivity contribution in [3.05, 3.63) is 65.5 Å². The first-order chi connectivity index (χ1) is 12.1. The summed E-state index contributed by atoms with van der Waals surface area (Å²) in [5, 5.41) is 10.5. The van der Waals surface area contributed by atoms with Gasteiger partial charge in [0, 0.05) is 31.4 Å². The van der Waals surface area contributed by atoms with Crippen LogP contribution in [-0.4, -0.2) is 40.1 Å². The summed E-state index contributed by atoms with van der Waals surface area (Å²) >= 11 is 0. The van der Waals surface area contributed by atoms with Gasteiger partial charge in [0.1, 0.15) is 0 Å². The molecular formula is C21H24N2O2. The summed E-state index contributed by atoms with van der Waals surface area (Å²) < 4.78 is 0. The highest BCUT2D eigenvalue weighted by molar-refractivity contribution is 5.91. The van der Waals surface area contributed by atoms with Crippen molar-refractivity contribution in [1.82, 2.24) is 9.88 Å². The average molecular weight is 336 g/mol. The van der Waals surface area contributed by atoms with E-state index < -0.39 is 6.10 Å². The number of benzene rings is 1. The maximum atomic E-state index is 13.2. The van der Waals surface area contributed by atoms with E-state index in [1.807, 2.05) is 17.0 Å². The third-order valence-corrected chi connectivity index (χ3v) is 5.70. The summed E-state index contributed by atoms with van der Waals surface area (Å²) in [6.45, 7) is 3.14. The van der Waals surface area contributed by atoms with Gasteiger partial charge >= 0.3 is 0 Å². The van der Waals surface area contributed by atoms with Gasteiger partial charge in [0.25, 0.3) is 0 Å². The van der Waals surface area contributed by atoms with E-state index in [1.54, 1.807) is 12.4 Å². The molecule has 1 aromatic carbocycles. The minimum atomic E-state index is -0.453. The predicted octanol–water partition coefficient (Wildman–Crippen LogP) is 2.48. The smallest absolute Gasteiger partial charge is 0.233 e. The number of likely N-dealkylation sites (tertiary alicyclic amines) is 1. The Bertz CT molecular complexity index is 753. The number of hydrogen-bond donors (Lipinski definition) is 1. The lowest BCUT2D eigenvalue weighted by molar-refractivity contribution is -0.133. The van der Waals surface area contributed by atoms with Crippen LogP contribution >= 0.6 is 0 Å². The molecule has 1 N–H and O–H groups in total. The number of hydrogen-bond acceptors (Lipinski definition) is 3. The third kappa shape index (κ3) is 3.07. The highest BCUT2D eigenvalue weighted by Crippen LogP contribution is 2.50. The Morgan fingerprint density at radius 2 is 1.84 bits per heavy atom. The quantitative estimate of drug-likeness (QED) is 0.933. The minimum absolute atomic E-state index is 0.0974. The molecular weight excluding hydrogens is 312 g/mol. The van der Waals surface area contributed by atoms with Crippen molar-refractivity contribution in [3.63, 3.8) is 0 Å². The Kier molecular flexibility index (Phi) is 4.08. The first-order valence-corrected chi connectivity index (χ1v) is 9.02. The number of rotatable bonds is 4. The van der Waals surface area contributed by atoms with E-state index >= 15 is 0 Å². The van der Waals surface area contributed by atoms with Gasteiger partial charge in [-0.15, -0.1) is 0 Å². The van der Waals surface area contributed by atoms with Crippen LogP contribution < -0.4 is 0 Å². The van der Waals surface area contributed by atoms with Crippen molar-refractivity contribution < 1.29 is 9.90 Å². The van der Waals surface area contributed by atoms with Crippen LogP contribution in [0.25, 0.3) is 0 Å². The van der Waals surface area contributed by atoms with Crippen LogP contribution in [0.5, 0.6) is 0 Å². The molecule has 2 fully saturated rings. The zero-order valence-corrected chi connectivity index (χ0v) is 14.6. The molecule has 4 nitrogen and oxygen atoms in total. The highest BCUT2D eigenvalue weighted by atomic mass is 16.3. The molecule has 25 heavy (non-hydrogen) atoms. The van der Waals surface area contributed by atoms with Crippen LogP contribution in [0.1, 0.15) is 29.5 Å². The van der Waals surface area contributed by atoms with Gasteiger partial charge in [-0.1, -0.05) is 29.8 Å². The lowest BCUT2D eigenvalue weighted by atomic mass is 9.93. The van der Waals surface area contributed by atoms with E-state index in [-0.39, 0.29) is 17.2 Å². The number of aryl methyl sites for hydroxylation is 1. The van der Waals surface area contributed by atoms with E-state index in [0.717, 1.165) is 30.4 Å². The molecule has 1 aliphatic carbocycles. The Morgan fingerprint density at radius 3 is 2.48 bits per heavy atom. The summed E-state index contributed by atoms with van der Waals surface area (Å²) in [4.78, 5) is 19.1. The lowest BCUT2D eigenvalue weighted by Gasteiger charge is -2.23. The molecule has 1 aromatic heterocycles. The van der Waals surface area contributed by atoms with Crippen molar-refractivity contribution in [2.75, 3.05) is 13.1 Å². The summed E-state index contributed by atoms with van der Waals surface area (Å²) in [7, 11) is 0. The standard InChI is InChI=1S/C21H24N2O2/c1-15-2-4-18(5-3-15)21(8-9-21)20(25)23-13-17(19(24)14-23)12-16-6-10-22-11-7-16/h2-7,10-11,17,19,24H,8-9,12-14H2,1H3/t17-,19-/m1/s1. The van der Waals surface area contributed by atoms with Gasteiger partial charge in [0.15, 0.2) is 0 Å². The molecule has 4 heteroatoms. The number of aromatic nitrogens is 1. The van der Waals surface area contributed by atoms with Crippen LogP contribution in [0.2, 0.25) is 0 Å². The van der Waals surface area contributed by atoms with Crippen LogP contribution in [0, 0.1) is 12.8 Å². The summed E-state index contributed by atoms with van der Waals surface area (Å²) in [5.41, 5.74) is 3.14. The fourth-order valence-electron chi connectivity index (χ4n) is 3.97. The van der Waals surface area contributed by atoms with Crippen molar-refractivity contribution >= 4 is 5.91 Å². The second-order valence-corrected chi connectivity index (χ2v) is 7.55. The number of carbonyl (C=O) groups excluding carboxylic acids is 1. The third-order valence-electron chi connectivity index (χ3n) is 5.70. The number of β-amino-alcohol motifs (C(OH)–C–C–N with tert-alkyl or cyclic N) is 1. The molecule has 1 amide bonds. The Labute approximate surface area is 148 Å². The van der Waals surface area contributed by atoms with Gasteiger partial charge < -0.3 is 10.0 Å². The Morgan fingerprint density at radius 1 is 1.16 bits per heavy atom. The van der Waals surface area contributed by atoms with Gasteiger partial charge in [0.2, 0.25) is 5.91 Å². The molecule has 2 aliphatic rings. The summed E-state index contributed by atoms with van der Waals surface area (Å²) in [6.07, 6.45) is 5.70. The fourth-order valence-corrected chi connectivity index (χ4v) is 3.97. The van der Waals surface area contributed by atoms with E-state index in [2.05, 4.69) is 36.2 Å². The number of pyridine rings is 1. The predicted molar refractivity (Wildman–Crippen MR) is 96.1 cm³/mol. The Balaban J connectivity index is 1.47. The first-order valence-electron chi connectivity index (χ1n) is 9.02. The zero-order chi connectivity index (χ0) is 17.4. The molecule has 2 heterocycles. The van der Waals surface area contributed by atoms with E-state index in [9.17, 15) is 9.90 Å². The lowest BCUT2D eigenvalue weighted by Crippen LogP contribution is -2.38. The molecule has 1 saturated carbocycles. The molecule has 0 radical (unpaired) electrons. The second-order valence-electron chi connectivity index (χ2n) is 7.55. The Hall–Kier alpha value is -2.20. The van der Waals surface area contributed by atoms with Crippen molar-refractivity contribution in [3.8, 4) is 0 Å². The van der Waals surface area contributed by atoms with E-state index in [4.69, 9.17) is 0 Å². The average Bonchev–Trinajstić information content (AvgIpc) is 3.35. The topological polar surface area (TPSA) is 53.4 Å². The number of carbonyl (C=O) groups is 1. The molecule has 1 saturated heterocycles. The second kappa shape index (κ2) is 6.26. The van der Waals surface area contributed by atoms with Gasteiger partial charge in [-0.05, 0) is 49.4 Å². The maximum Gasteiger partial charge on any atom is 0.233 e. The van der Waals surface area contributed by atoms with Gasteiger partial charge in [0.05, 0.1) is 11.5 Å². The largest absolute Gasteiger partial charge is 0.391 e. The van der Waals surface area contributed by atoms with Crippen LogP contribution in [-0.2, 0) is 16.6 Å². The first kappa shape index (κ1) is 16.3. The van der Waals surface area contributed by atoms with Crippen molar-refractivity contribution in [1.29, 1.82) is 0 Å². The molecule has 0 spiro atoms. The SMILES string of the molecule is Cc1ccc(C2(C(=O)N3C[C@@H](Cc4ccncc4)[C@H](O)C3)CC2)cc1. The summed E-state index contributed by atoms with van der Waals surface area (Å²) in [6, 6.07) is 12.3. The van der Waals surface area contributed by atoms with Gasteiger partial charge in [-0.2, -0.15) is 0 Å². The van der Waals surface area contributed by atoms with Crippen molar-refractivity contribution in [2.24, 2.45) is 5.92 Å². The molecule has 2 atom stereocenters. The van der Waals surface area contributed by atoms with Crippen LogP contribution in [0.3, 0.4) is 0 Å². The number of amides is 1. The van der Waals surface area contributed by atoms with Gasteiger partial charge in [-0.3, -0.25) is 9.78 Å². The minimum Gasteiger partial charge on any atom is -0.391 e. The van der Waals surface area contributed by atoms with Crippen LogP contribution in [0.4, 0.5) is 0 Å². The van der Waals surface area contributed by atoms with Crippen molar-refractivity contribution in [2.45, 2.75) is 37.7 Å². The maximum absolute atomic E-state index is 13.2. The van der Waals surface area contributed by atoms with Crippen LogP contribution in [0.15, 0.2) is 48.8 Å².